The van der Waals surface area contributed by atoms with Gasteiger partial charge >= 0.3 is 19.8 Å². The normalized spacial score (nSPS) is 13.1. The second kappa shape index (κ2) is 36.5. The van der Waals surface area contributed by atoms with Crippen LogP contribution >= 0.6 is 7.82 Å². The Bertz CT molecular complexity index is 995. The summed E-state index contributed by atoms with van der Waals surface area (Å²) in [5, 5.41) is 0. The molecule has 0 fully saturated rings. The fraction of sp³-hybridized carbons (Fsp3) is 0.707. The van der Waals surface area contributed by atoms with E-state index in [1.54, 1.807) is 0 Å². The molecule has 0 aliphatic heterocycles. The van der Waals surface area contributed by atoms with E-state index < -0.39 is 32.5 Å². The first-order valence-corrected chi connectivity index (χ1v) is 21.1. The number of ether oxygens (including phenoxy) is 2. The molecule has 1 atom stereocenters. The van der Waals surface area contributed by atoms with Gasteiger partial charge in [0.15, 0.2) is 6.10 Å². The quantitative estimate of drug-likeness (QED) is 0.0287. The number of carbonyl (C=O) groups is 2. The summed E-state index contributed by atoms with van der Waals surface area (Å²) in [4.78, 5) is 42.7. The summed E-state index contributed by atoms with van der Waals surface area (Å²) in [5.74, 6) is -0.943. The number of unbranched alkanes of at least 4 members (excludes halogenated alkanes) is 15. The van der Waals surface area contributed by atoms with Gasteiger partial charge in [-0.25, -0.2) is 4.57 Å². The van der Waals surface area contributed by atoms with Crippen molar-refractivity contribution >= 4 is 19.8 Å². The monoisotopic (exact) mass is 722 g/mol. The van der Waals surface area contributed by atoms with Crippen molar-refractivity contribution in [2.75, 3.05) is 13.2 Å². The van der Waals surface area contributed by atoms with Crippen LogP contribution in [-0.2, 0) is 28.2 Å². The summed E-state index contributed by atoms with van der Waals surface area (Å²) in [7, 11) is -4.77. The molecule has 0 bridgehead atoms. The Hall–Kier alpha value is -2.25. The smallest absolute Gasteiger partial charge is 0.462 e. The maximum absolute atomic E-state index is 12.4. The van der Waals surface area contributed by atoms with E-state index in [0.717, 1.165) is 70.6 Å². The highest BCUT2D eigenvalue weighted by atomic mass is 31.2. The molecule has 0 unspecified atom stereocenters. The molecule has 8 nitrogen and oxygen atoms in total. The van der Waals surface area contributed by atoms with Gasteiger partial charge in [0.2, 0.25) is 0 Å². The van der Waals surface area contributed by atoms with Crippen LogP contribution in [0.3, 0.4) is 0 Å². The zero-order valence-electron chi connectivity index (χ0n) is 31.5. The van der Waals surface area contributed by atoms with Crippen LogP contribution in [0.25, 0.3) is 0 Å². The molecule has 0 saturated heterocycles. The molecule has 0 aromatic carbocycles. The van der Waals surface area contributed by atoms with Crippen molar-refractivity contribution < 1.29 is 37.9 Å². The lowest BCUT2D eigenvalue weighted by atomic mass is 10.1. The molecule has 9 heteroatoms. The molecule has 50 heavy (non-hydrogen) atoms. The minimum absolute atomic E-state index is 0.169. The second-order valence-corrected chi connectivity index (χ2v) is 14.1. The molecular formula is C41H71O8P. The van der Waals surface area contributed by atoms with Crippen molar-refractivity contribution in [2.24, 2.45) is 0 Å². The lowest BCUT2D eigenvalue weighted by molar-refractivity contribution is -0.161. The van der Waals surface area contributed by atoms with E-state index in [-0.39, 0.29) is 19.4 Å². The van der Waals surface area contributed by atoms with Crippen LogP contribution in [0.15, 0.2) is 60.8 Å². The highest BCUT2D eigenvalue weighted by Crippen LogP contribution is 2.36. The molecule has 0 spiro atoms. The molecule has 0 rings (SSSR count). The predicted octanol–water partition coefficient (Wildman–Crippen LogP) is 11.7. The lowest BCUT2D eigenvalue weighted by Crippen LogP contribution is -2.29. The zero-order chi connectivity index (χ0) is 36.8. The maximum atomic E-state index is 12.4. The van der Waals surface area contributed by atoms with E-state index in [4.69, 9.17) is 19.3 Å². The van der Waals surface area contributed by atoms with Crippen molar-refractivity contribution in [1.82, 2.24) is 0 Å². The van der Waals surface area contributed by atoms with Gasteiger partial charge in [0.05, 0.1) is 6.61 Å². The van der Waals surface area contributed by atoms with Crippen LogP contribution in [0.2, 0.25) is 0 Å². The van der Waals surface area contributed by atoms with E-state index in [1.807, 2.05) is 0 Å². The standard InChI is InChI=1S/C41H71O8P/c1-3-5-7-9-11-13-15-17-19-20-22-24-26-28-30-32-34-36-41(43)49-39(38-48-50(44,45)46)37-47-40(42)35-33-31-29-27-25-23-21-18-16-14-12-10-8-6-4-2/h7,9,13,15,19-20,23-26,39H,3-6,8,10-12,14,16-18,21-22,27-38H2,1-2H3,(H2,44,45,46)/b9-7+,15-13+,20-19+,25-23+,26-24+/t39-/m1/s1. The van der Waals surface area contributed by atoms with E-state index in [1.165, 1.54) is 57.8 Å². The topological polar surface area (TPSA) is 119 Å². The molecule has 2 N–H and O–H groups in total. The van der Waals surface area contributed by atoms with Gasteiger partial charge in [-0.2, -0.15) is 0 Å². The number of rotatable bonds is 35. The van der Waals surface area contributed by atoms with E-state index in [0.29, 0.717) is 12.8 Å². The summed E-state index contributed by atoms with van der Waals surface area (Å²) in [6.45, 7) is 3.56. The number of hydrogen-bond donors (Lipinski definition) is 2. The van der Waals surface area contributed by atoms with Crippen LogP contribution < -0.4 is 0 Å². The second-order valence-electron chi connectivity index (χ2n) is 12.9. The SMILES string of the molecule is CCC/C=C/C/C=C/C/C=C/C/C=C/CCCCCC(=O)O[C@H](COC(=O)CCCCC/C=C/CCCCCCCCCC)COP(=O)(O)O. The average Bonchev–Trinajstić information content (AvgIpc) is 3.08. The molecule has 0 radical (unpaired) electrons. The van der Waals surface area contributed by atoms with E-state index in [9.17, 15) is 14.2 Å². The zero-order valence-corrected chi connectivity index (χ0v) is 32.4. The number of allylic oxidation sites excluding steroid dienone is 10. The van der Waals surface area contributed by atoms with Crippen LogP contribution in [0.1, 0.15) is 168 Å². The molecule has 0 saturated carbocycles. The van der Waals surface area contributed by atoms with Gasteiger partial charge in [-0.3, -0.25) is 14.1 Å². The Morgan fingerprint density at radius 2 is 0.940 bits per heavy atom. The van der Waals surface area contributed by atoms with E-state index in [2.05, 4.69) is 79.1 Å². The number of carbonyl (C=O) groups excluding carboxylic acids is 2. The largest absolute Gasteiger partial charge is 0.469 e. The molecule has 0 heterocycles. The fourth-order valence-corrected chi connectivity index (χ4v) is 5.42. The number of hydrogen-bond acceptors (Lipinski definition) is 6. The minimum atomic E-state index is -4.77. The van der Waals surface area contributed by atoms with Crippen molar-refractivity contribution in [3.05, 3.63) is 60.8 Å². The van der Waals surface area contributed by atoms with Crippen molar-refractivity contribution in [2.45, 2.75) is 174 Å². The van der Waals surface area contributed by atoms with Gasteiger partial charge in [-0.1, -0.05) is 139 Å². The summed E-state index contributed by atoms with van der Waals surface area (Å²) >= 11 is 0. The summed E-state index contributed by atoms with van der Waals surface area (Å²) in [6.07, 6.45) is 45.1. The maximum Gasteiger partial charge on any atom is 0.469 e. The van der Waals surface area contributed by atoms with Gasteiger partial charge in [-0.15, -0.1) is 0 Å². The molecule has 0 aromatic heterocycles. The minimum Gasteiger partial charge on any atom is -0.462 e. The van der Waals surface area contributed by atoms with Crippen molar-refractivity contribution in [3.63, 3.8) is 0 Å². The molecule has 0 amide bonds. The van der Waals surface area contributed by atoms with Crippen LogP contribution in [-0.4, -0.2) is 41.0 Å². The molecule has 0 aromatic rings. The predicted molar refractivity (Wildman–Crippen MR) is 207 cm³/mol. The molecular weight excluding hydrogens is 651 g/mol. The first kappa shape index (κ1) is 47.8. The van der Waals surface area contributed by atoms with Crippen LogP contribution in [0.5, 0.6) is 0 Å². The Kier molecular flexibility index (Phi) is 34.9. The summed E-state index contributed by atoms with van der Waals surface area (Å²) in [5.41, 5.74) is 0. The molecule has 0 aliphatic rings. The third kappa shape index (κ3) is 38.6. The van der Waals surface area contributed by atoms with Crippen molar-refractivity contribution in [3.8, 4) is 0 Å². The fourth-order valence-electron chi connectivity index (χ4n) is 5.06. The lowest BCUT2D eigenvalue weighted by Gasteiger charge is -2.18. The van der Waals surface area contributed by atoms with Crippen molar-refractivity contribution in [1.29, 1.82) is 0 Å². The highest BCUT2D eigenvalue weighted by molar-refractivity contribution is 7.46. The third-order valence-corrected chi connectivity index (χ3v) is 8.48. The van der Waals surface area contributed by atoms with Gasteiger partial charge in [0.25, 0.3) is 0 Å². The van der Waals surface area contributed by atoms with Gasteiger partial charge in [0, 0.05) is 12.8 Å². The Morgan fingerprint density at radius 3 is 1.44 bits per heavy atom. The van der Waals surface area contributed by atoms with Gasteiger partial charge < -0.3 is 19.3 Å². The van der Waals surface area contributed by atoms with Crippen LogP contribution in [0.4, 0.5) is 0 Å². The van der Waals surface area contributed by atoms with Crippen LogP contribution in [0, 0.1) is 0 Å². The van der Waals surface area contributed by atoms with E-state index >= 15 is 0 Å². The number of phosphoric ester groups is 1. The molecule has 0 aliphatic carbocycles. The first-order chi connectivity index (χ1) is 24.3. The first-order valence-electron chi connectivity index (χ1n) is 19.6. The Labute approximate surface area is 305 Å². The van der Waals surface area contributed by atoms with Gasteiger partial charge in [-0.05, 0) is 77.0 Å². The summed E-state index contributed by atoms with van der Waals surface area (Å²) < 4.78 is 26.3. The Morgan fingerprint density at radius 1 is 0.520 bits per heavy atom. The van der Waals surface area contributed by atoms with Gasteiger partial charge in [0.1, 0.15) is 6.61 Å². The number of phosphoric acid groups is 1. The summed E-state index contributed by atoms with van der Waals surface area (Å²) in [6, 6.07) is 0. The average molecular weight is 723 g/mol. The third-order valence-electron chi connectivity index (χ3n) is 7.99. The Balaban J connectivity index is 4.05. The highest BCUT2D eigenvalue weighted by Gasteiger charge is 2.22. The number of esters is 2. The molecule has 288 valence electrons.